The van der Waals surface area contributed by atoms with E-state index in [0.717, 1.165) is 18.8 Å². The van der Waals surface area contributed by atoms with Crippen LogP contribution in [0.5, 0.6) is 0 Å². The Balaban J connectivity index is 2.52. The fourth-order valence-electron chi connectivity index (χ4n) is 2.22. The first-order valence-electron chi connectivity index (χ1n) is 6.99. The number of halogens is 1. The van der Waals surface area contributed by atoms with Gasteiger partial charge in [-0.2, -0.15) is 0 Å². The van der Waals surface area contributed by atoms with Gasteiger partial charge in [0.25, 0.3) is 0 Å². The van der Waals surface area contributed by atoms with Gasteiger partial charge in [0, 0.05) is 13.1 Å². The van der Waals surface area contributed by atoms with Crippen LogP contribution in [0.1, 0.15) is 38.9 Å². The van der Waals surface area contributed by atoms with Crippen molar-refractivity contribution in [2.45, 2.75) is 33.2 Å². The molecule has 0 aromatic carbocycles. The van der Waals surface area contributed by atoms with Crippen molar-refractivity contribution in [1.82, 2.24) is 9.88 Å². The van der Waals surface area contributed by atoms with Crippen LogP contribution in [0.15, 0.2) is 18.3 Å². The van der Waals surface area contributed by atoms with Gasteiger partial charge >= 0.3 is 0 Å². The monoisotopic (exact) mass is 267 g/mol. The summed E-state index contributed by atoms with van der Waals surface area (Å²) in [5.41, 5.74) is 6.94. The zero-order chi connectivity index (χ0) is 14.4. The van der Waals surface area contributed by atoms with Crippen molar-refractivity contribution in [1.29, 1.82) is 0 Å². The number of rotatable bonds is 7. The van der Waals surface area contributed by atoms with Crippen LogP contribution in [0, 0.1) is 17.7 Å². The molecule has 0 saturated carbocycles. The van der Waals surface area contributed by atoms with Crippen molar-refractivity contribution in [2.24, 2.45) is 17.6 Å². The van der Waals surface area contributed by atoms with Crippen molar-refractivity contribution < 1.29 is 4.39 Å². The average Bonchev–Trinajstić information content (AvgIpc) is 2.38. The van der Waals surface area contributed by atoms with E-state index in [1.807, 2.05) is 0 Å². The Morgan fingerprint density at radius 3 is 2.53 bits per heavy atom. The molecular weight excluding hydrogens is 241 g/mol. The van der Waals surface area contributed by atoms with E-state index in [1.165, 1.54) is 18.7 Å². The van der Waals surface area contributed by atoms with E-state index in [1.54, 1.807) is 6.07 Å². The number of nitrogens with two attached hydrogens (primary N) is 1. The predicted molar refractivity (Wildman–Crippen MR) is 77.2 cm³/mol. The number of nitrogens with zero attached hydrogens (tertiary/aromatic N) is 2. The lowest BCUT2D eigenvalue weighted by atomic mass is 9.98. The minimum atomic E-state index is -0.322. The zero-order valence-corrected chi connectivity index (χ0v) is 12.4. The number of hydrogen-bond acceptors (Lipinski definition) is 3. The topological polar surface area (TPSA) is 42.1 Å². The highest BCUT2D eigenvalue weighted by atomic mass is 19.1. The molecule has 0 radical (unpaired) electrons. The molecule has 108 valence electrons. The number of pyridine rings is 1. The first-order chi connectivity index (χ1) is 8.93. The maximum Gasteiger partial charge on any atom is 0.141 e. The molecule has 1 rings (SSSR count). The normalized spacial score (nSPS) is 16.4. The van der Waals surface area contributed by atoms with Gasteiger partial charge in [-0.15, -0.1) is 0 Å². The molecule has 0 fully saturated rings. The SMILES string of the molecule is CCC(C)CN(C)CC(C)C(N)c1ccc(F)cn1. The molecule has 19 heavy (non-hydrogen) atoms. The van der Waals surface area contributed by atoms with Crippen molar-refractivity contribution in [3.63, 3.8) is 0 Å². The molecule has 1 heterocycles. The molecule has 0 saturated heterocycles. The van der Waals surface area contributed by atoms with Crippen LogP contribution in [-0.2, 0) is 0 Å². The Labute approximate surface area is 116 Å². The van der Waals surface area contributed by atoms with E-state index in [0.29, 0.717) is 5.92 Å². The van der Waals surface area contributed by atoms with Crippen LogP contribution in [0.2, 0.25) is 0 Å². The third-order valence-corrected chi connectivity index (χ3v) is 3.62. The quantitative estimate of drug-likeness (QED) is 0.826. The Morgan fingerprint density at radius 1 is 1.32 bits per heavy atom. The van der Waals surface area contributed by atoms with Crippen molar-refractivity contribution in [3.8, 4) is 0 Å². The number of hydrogen-bond donors (Lipinski definition) is 1. The van der Waals surface area contributed by atoms with Crippen LogP contribution in [0.3, 0.4) is 0 Å². The molecule has 2 N–H and O–H groups in total. The third-order valence-electron chi connectivity index (χ3n) is 3.62. The van der Waals surface area contributed by atoms with Crippen LogP contribution in [0.4, 0.5) is 4.39 Å². The Hall–Kier alpha value is -1.00. The third kappa shape index (κ3) is 5.25. The summed E-state index contributed by atoms with van der Waals surface area (Å²) in [6.07, 6.45) is 2.41. The van der Waals surface area contributed by atoms with Gasteiger partial charge in [-0.1, -0.05) is 27.2 Å². The summed E-state index contributed by atoms with van der Waals surface area (Å²) in [6.45, 7) is 8.57. The highest BCUT2D eigenvalue weighted by molar-refractivity contribution is 5.10. The predicted octanol–water partition coefficient (Wildman–Crippen LogP) is 2.83. The Morgan fingerprint density at radius 2 is 2.00 bits per heavy atom. The van der Waals surface area contributed by atoms with E-state index in [4.69, 9.17) is 5.73 Å². The van der Waals surface area contributed by atoms with Gasteiger partial charge in [0.05, 0.1) is 17.9 Å². The first kappa shape index (κ1) is 16.1. The molecule has 3 nitrogen and oxygen atoms in total. The van der Waals surface area contributed by atoms with E-state index in [9.17, 15) is 4.39 Å². The van der Waals surface area contributed by atoms with E-state index < -0.39 is 0 Å². The molecule has 1 aromatic rings. The van der Waals surface area contributed by atoms with Crippen LogP contribution in [0.25, 0.3) is 0 Å². The highest BCUT2D eigenvalue weighted by Gasteiger charge is 2.18. The summed E-state index contributed by atoms with van der Waals surface area (Å²) in [4.78, 5) is 6.37. The molecule has 3 unspecified atom stereocenters. The van der Waals surface area contributed by atoms with Crippen LogP contribution < -0.4 is 5.73 Å². The van der Waals surface area contributed by atoms with E-state index in [-0.39, 0.29) is 17.8 Å². The summed E-state index contributed by atoms with van der Waals surface area (Å²) in [5.74, 6) is 0.655. The van der Waals surface area contributed by atoms with Gasteiger partial charge < -0.3 is 10.6 Å². The first-order valence-corrected chi connectivity index (χ1v) is 6.99. The molecular formula is C15H26FN3. The summed E-state index contributed by atoms with van der Waals surface area (Å²) in [7, 11) is 2.12. The van der Waals surface area contributed by atoms with Gasteiger partial charge in [0.1, 0.15) is 5.82 Å². The summed E-state index contributed by atoms with van der Waals surface area (Å²) >= 11 is 0. The average molecular weight is 267 g/mol. The Bertz CT molecular complexity index is 366. The second kappa shape index (κ2) is 7.56. The highest BCUT2D eigenvalue weighted by Crippen LogP contribution is 2.18. The summed E-state index contributed by atoms with van der Waals surface area (Å²) in [5, 5.41) is 0. The molecule has 0 aliphatic rings. The summed E-state index contributed by atoms with van der Waals surface area (Å²) in [6, 6.07) is 2.93. The summed E-state index contributed by atoms with van der Waals surface area (Å²) < 4.78 is 12.8. The molecule has 0 aliphatic carbocycles. The van der Waals surface area contributed by atoms with Gasteiger partial charge in [0.15, 0.2) is 0 Å². The van der Waals surface area contributed by atoms with Crippen molar-refractivity contribution >= 4 is 0 Å². The van der Waals surface area contributed by atoms with Crippen LogP contribution >= 0.6 is 0 Å². The van der Waals surface area contributed by atoms with Gasteiger partial charge in [-0.3, -0.25) is 4.98 Å². The van der Waals surface area contributed by atoms with Crippen molar-refractivity contribution in [3.05, 3.63) is 29.8 Å². The minimum absolute atomic E-state index is 0.153. The fourth-order valence-corrected chi connectivity index (χ4v) is 2.22. The largest absolute Gasteiger partial charge is 0.322 e. The van der Waals surface area contributed by atoms with E-state index in [2.05, 4.69) is 37.7 Å². The lowest BCUT2D eigenvalue weighted by Gasteiger charge is -2.27. The standard InChI is InChI=1S/C15H26FN3/c1-5-11(2)9-19(4)10-12(3)15(17)14-7-6-13(16)8-18-14/h6-8,11-12,15H,5,9-10,17H2,1-4H3. The van der Waals surface area contributed by atoms with E-state index >= 15 is 0 Å². The number of aromatic nitrogens is 1. The molecule has 3 atom stereocenters. The lowest BCUT2D eigenvalue weighted by Crippen LogP contribution is -2.33. The van der Waals surface area contributed by atoms with Gasteiger partial charge in [-0.25, -0.2) is 4.39 Å². The Kier molecular flexibility index (Phi) is 6.38. The fraction of sp³-hybridized carbons (Fsp3) is 0.667. The molecule has 1 aromatic heterocycles. The zero-order valence-electron chi connectivity index (χ0n) is 12.4. The van der Waals surface area contributed by atoms with Crippen LogP contribution in [-0.4, -0.2) is 30.0 Å². The maximum absolute atomic E-state index is 12.8. The molecule has 0 spiro atoms. The van der Waals surface area contributed by atoms with Gasteiger partial charge in [0.2, 0.25) is 0 Å². The lowest BCUT2D eigenvalue weighted by molar-refractivity contribution is 0.232. The van der Waals surface area contributed by atoms with Crippen molar-refractivity contribution in [2.75, 3.05) is 20.1 Å². The molecule has 0 amide bonds. The smallest absolute Gasteiger partial charge is 0.141 e. The molecule has 4 heteroatoms. The second-order valence-corrected chi connectivity index (χ2v) is 5.64. The molecule has 0 aliphatic heterocycles. The van der Waals surface area contributed by atoms with Gasteiger partial charge in [-0.05, 0) is 31.0 Å². The minimum Gasteiger partial charge on any atom is -0.322 e. The maximum atomic E-state index is 12.8. The molecule has 0 bridgehead atoms. The second-order valence-electron chi connectivity index (χ2n) is 5.64.